The fourth-order valence-electron chi connectivity index (χ4n) is 0.786. The number of aromatic nitrogens is 4. The fourth-order valence-corrected chi connectivity index (χ4v) is 0.786. The number of rotatable bonds is 2. The Morgan fingerprint density at radius 1 is 1.50 bits per heavy atom. The maximum Gasteiger partial charge on any atom is 0.151 e. The molecule has 0 saturated heterocycles. The predicted molar refractivity (Wildman–Crippen MR) is 37.3 cm³/mol. The largest absolute Gasteiger partial charge is 0.233 e. The van der Waals surface area contributed by atoms with Crippen LogP contribution in [0, 0.1) is 5.92 Å². The molecule has 4 heteroatoms. The van der Waals surface area contributed by atoms with Gasteiger partial charge in [-0.3, -0.25) is 0 Å². The molecule has 0 aliphatic carbocycles. The van der Waals surface area contributed by atoms with Crippen LogP contribution < -0.4 is 0 Å². The molecule has 0 bridgehead atoms. The third-order valence-corrected chi connectivity index (χ3v) is 1.30. The maximum atomic E-state index is 3.86. The average Bonchev–Trinajstić information content (AvgIpc) is 2.15. The Balaban J connectivity index is 2.65. The monoisotopic (exact) mass is 140 g/mol. The first-order chi connectivity index (χ1) is 4.70. The van der Waals surface area contributed by atoms with Gasteiger partial charge in [-0.1, -0.05) is 13.8 Å². The minimum Gasteiger partial charge on any atom is -0.233 e. The van der Waals surface area contributed by atoms with E-state index in [0.29, 0.717) is 5.92 Å². The topological polar surface area (TPSA) is 43.6 Å². The van der Waals surface area contributed by atoms with Crippen molar-refractivity contribution in [2.45, 2.75) is 20.3 Å². The summed E-state index contributed by atoms with van der Waals surface area (Å²) in [6.45, 7) is 4.30. The van der Waals surface area contributed by atoms with Crippen LogP contribution in [-0.2, 0) is 13.5 Å². The van der Waals surface area contributed by atoms with Crippen molar-refractivity contribution in [3.8, 4) is 0 Å². The van der Waals surface area contributed by atoms with E-state index in [1.807, 2.05) is 7.05 Å². The van der Waals surface area contributed by atoms with Gasteiger partial charge in [0.05, 0.1) is 0 Å². The summed E-state index contributed by atoms with van der Waals surface area (Å²) in [5.41, 5.74) is 0. The van der Waals surface area contributed by atoms with E-state index in [0.717, 1.165) is 12.2 Å². The summed E-state index contributed by atoms with van der Waals surface area (Å²) < 4.78 is 1.71. The standard InChI is InChI=1S/C6H12N4/c1-5(2)4-6-7-8-9-10(6)3/h5H,4H2,1-3H3. The molecule has 0 saturated carbocycles. The quantitative estimate of drug-likeness (QED) is 0.597. The molecule has 0 aromatic carbocycles. The lowest BCUT2D eigenvalue weighted by Crippen LogP contribution is -2.03. The van der Waals surface area contributed by atoms with Crippen molar-refractivity contribution in [1.29, 1.82) is 0 Å². The molecule has 0 amide bonds. The highest BCUT2D eigenvalue weighted by Gasteiger charge is 2.03. The summed E-state index contributed by atoms with van der Waals surface area (Å²) >= 11 is 0. The van der Waals surface area contributed by atoms with Crippen LogP contribution in [0.4, 0.5) is 0 Å². The third kappa shape index (κ3) is 1.52. The lowest BCUT2D eigenvalue weighted by molar-refractivity contribution is 0.583. The Kier molecular flexibility index (Phi) is 1.99. The second-order valence-corrected chi connectivity index (χ2v) is 2.82. The van der Waals surface area contributed by atoms with E-state index < -0.39 is 0 Å². The van der Waals surface area contributed by atoms with E-state index in [1.165, 1.54) is 0 Å². The molecule has 1 aromatic heterocycles. The first kappa shape index (κ1) is 7.18. The molecule has 1 rings (SSSR count). The fraction of sp³-hybridized carbons (Fsp3) is 0.833. The van der Waals surface area contributed by atoms with Gasteiger partial charge in [-0.25, -0.2) is 4.68 Å². The van der Waals surface area contributed by atoms with E-state index in [1.54, 1.807) is 4.68 Å². The van der Waals surface area contributed by atoms with E-state index in [9.17, 15) is 0 Å². The minimum absolute atomic E-state index is 0.615. The van der Waals surface area contributed by atoms with Gasteiger partial charge in [-0.05, 0) is 16.3 Å². The van der Waals surface area contributed by atoms with Gasteiger partial charge < -0.3 is 0 Å². The van der Waals surface area contributed by atoms with Crippen LogP contribution in [0.25, 0.3) is 0 Å². The molecule has 0 unspecified atom stereocenters. The molecule has 0 N–H and O–H groups in total. The van der Waals surface area contributed by atoms with Gasteiger partial charge in [0.25, 0.3) is 0 Å². The summed E-state index contributed by atoms with van der Waals surface area (Å²) in [5, 5.41) is 11.1. The van der Waals surface area contributed by atoms with Crippen molar-refractivity contribution >= 4 is 0 Å². The molecule has 1 heterocycles. The Hall–Kier alpha value is -0.930. The molecule has 56 valence electrons. The van der Waals surface area contributed by atoms with Crippen LogP contribution in [-0.4, -0.2) is 20.2 Å². The molecule has 0 aliphatic rings. The van der Waals surface area contributed by atoms with Gasteiger partial charge in [0.1, 0.15) is 0 Å². The highest BCUT2D eigenvalue weighted by molar-refractivity contribution is 4.80. The Bertz CT molecular complexity index is 203. The zero-order valence-electron chi connectivity index (χ0n) is 6.57. The second-order valence-electron chi connectivity index (χ2n) is 2.82. The molecule has 4 nitrogen and oxygen atoms in total. The Labute approximate surface area is 60.2 Å². The van der Waals surface area contributed by atoms with E-state index >= 15 is 0 Å². The predicted octanol–water partition coefficient (Wildman–Crippen LogP) is 0.409. The van der Waals surface area contributed by atoms with Gasteiger partial charge >= 0.3 is 0 Å². The van der Waals surface area contributed by atoms with Gasteiger partial charge in [0.2, 0.25) is 0 Å². The van der Waals surface area contributed by atoms with Crippen molar-refractivity contribution in [1.82, 2.24) is 20.2 Å². The first-order valence-electron chi connectivity index (χ1n) is 3.41. The van der Waals surface area contributed by atoms with Crippen LogP contribution in [0.5, 0.6) is 0 Å². The average molecular weight is 140 g/mol. The van der Waals surface area contributed by atoms with Crippen LogP contribution >= 0.6 is 0 Å². The molecule has 0 atom stereocenters. The van der Waals surface area contributed by atoms with Crippen LogP contribution in [0.3, 0.4) is 0 Å². The van der Waals surface area contributed by atoms with Crippen molar-refractivity contribution in [3.05, 3.63) is 5.82 Å². The molecule has 10 heavy (non-hydrogen) atoms. The molecular formula is C6H12N4. The van der Waals surface area contributed by atoms with Crippen LogP contribution in [0.1, 0.15) is 19.7 Å². The summed E-state index contributed by atoms with van der Waals surface area (Å²) in [6, 6.07) is 0. The number of hydrogen-bond donors (Lipinski definition) is 0. The highest BCUT2D eigenvalue weighted by Crippen LogP contribution is 2.00. The number of nitrogens with zero attached hydrogens (tertiary/aromatic N) is 4. The molecular weight excluding hydrogens is 128 g/mol. The SMILES string of the molecule is CC(C)Cc1nnnn1C. The molecule has 0 spiro atoms. The van der Waals surface area contributed by atoms with E-state index in [4.69, 9.17) is 0 Å². The van der Waals surface area contributed by atoms with Crippen molar-refractivity contribution in [2.75, 3.05) is 0 Å². The normalized spacial score (nSPS) is 10.8. The zero-order valence-corrected chi connectivity index (χ0v) is 6.57. The van der Waals surface area contributed by atoms with Crippen LogP contribution in [0.2, 0.25) is 0 Å². The zero-order chi connectivity index (χ0) is 7.56. The molecule has 0 radical (unpaired) electrons. The minimum atomic E-state index is 0.615. The van der Waals surface area contributed by atoms with Crippen molar-refractivity contribution < 1.29 is 0 Å². The molecule has 0 fully saturated rings. The van der Waals surface area contributed by atoms with E-state index in [-0.39, 0.29) is 0 Å². The lowest BCUT2D eigenvalue weighted by Gasteiger charge is -2.00. The number of tetrazole rings is 1. The summed E-state index contributed by atoms with van der Waals surface area (Å²) in [5.74, 6) is 1.57. The first-order valence-corrected chi connectivity index (χ1v) is 3.41. The smallest absolute Gasteiger partial charge is 0.151 e. The van der Waals surface area contributed by atoms with Crippen molar-refractivity contribution in [2.24, 2.45) is 13.0 Å². The van der Waals surface area contributed by atoms with Gasteiger partial charge in [-0.2, -0.15) is 0 Å². The third-order valence-electron chi connectivity index (χ3n) is 1.30. The lowest BCUT2D eigenvalue weighted by atomic mass is 10.1. The summed E-state index contributed by atoms with van der Waals surface area (Å²) in [6.07, 6.45) is 0.948. The van der Waals surface area contributed by atoms with E-state index in [2.05, 4.69) is 29.4 Å². The van der Waals surface area contributed by atoms with Gasteiger partial charge in [0.15, 0.2) is 5.82 Å². The Morgan fingerprint density at radius 2 is 2.20 bits per heavy atom. The Morgan fingerprint density at radius 3 is 2.60 bits per heavy atom. The van der Waals surface area contributed by atoms with Gasteiger partial charge in [0, 0.05) is 13.5 Å². The second kappa shape index (κ2) is 2.77. The molecule has 0 aliphatic heterocycles. The van der Waals surface area contributed by atoms with Gasteiger partial charge in [-0.15, -0.1) is 5.10 Å². The maximum absolute atomic E-state index is 3.86. The van der Waals surface area contributed by atoms with Crippen molar-refractivity contribution in [3.63, 3.8) is 0 Å². The molecule has 1 aromatic rings. The summed E-state index contributed by atoms with van der Waals surface area (Å²) in [7, 11) is 1.86. The highest BCUT2D eigenvalue weighted by atomic mass is 15.5. The number of aryl methyl sites for hydroxylation is 1. The van der Waals surface area contributed by atoms with Crippen LogP contribution in [0.15, 0.2) is 0 Å². The number of hydrogen-bond acceptors (Lipinski definition) is 3. The summed E-state index contributed by atoms with van der Waals surface area (Å²) in [4.78, 5) is 0.